The summed E-state index contributed by atoms with van der Waals surface area (Å²) >= 11 is 0. The van der Waals surface area contributed by atoms with Crippen LogP contribution in [-0.4, -0.2) is 29.1 Å². The summed E-state index contributed by atoms with van der Waals surface area (Å²) in [5.74, 6) is -1.84. The largest absolute Gasteiger partial charge is 0.387 e. The molecule has 2 nitrogen and oxygen atoms in total. The molecule has 1 fully saturated rings. The average Bonchev–Trinajstić information content (AvgIpc) is 2.92. The van der Waals surface area contributed by atoms with Gasteiger partial charge >= 0.3 is 0 Å². The van der Waals surface area contributed by atoms with E-state index in [-0.39, 0.29) is 5.56 Å². The fourth-order valence-corrected chi connectivity index (χ4v) is 2.90. The molecular weight excluding hydrogens is 248 g/mol. The first-order valence-corrected chi connectivity index (χ1v) is 6.99. The zero-order valence-corrected chi connectivity index (χ0v) is 11.3. The number of benzene rings is 1. The summed E-state index contributed by atoms with van der Waals surface area (Å²) in [7, 11) is 0. The molecule has 0 radical (unpaired) electrons. The maximum atomic E-state index is 13.6. The molecule has 0 aromatic heterocycles. The molecule has 1 atom stereocenters. The molecule has 0 bridgehead atoms. The number of halogens is 2. The van der Waals surface area contributed by atoms with E-state index in [9.17, 15) is 13.9 Å². The van der Waals surface area contributed by atoms with Gasteiger partial charge in [0, 0.05) is 18.2 Å². The Kier molecular flexibility index (Phi) is 4.88. The lowest BCUT2D eigenvalue weighted by Crippen LogP contribution is -2.36. The fourth-order valence-electron chi connectivity index (χ4n) is 2.90. The lowest BCUT2D eigenvalue weighted by atomic mass is 10.1. The Morgan fingerprint density at radius 1 is 1.32 bits per heavy atom. The van der Waals surface area contributed by atoms with E-state index in [4.69, 9.17) is 0 Å². The van der Waals surface area contributed by atoms with Crippen LogP contribution in [0.3, 0.4) is 0 Å². The van der Waals surface area contributed by atoms with Crippen molar-refractivity contribution in [3.8, 4) is 0 Å². The van der Waals surface area contributed by atoms with Crippen molar-refractivity contribution in [1.29, 1.82) is 0 Å². The highest BCUT2D eigenvalue weighted by Gasteiger charge is 2.25. The number of rotatable bonds is 5. The number of aliphatic hydroxyl groups excluding tert-OH is 1. The first-order chi connectivity index (χ1) is 9.13. The van der Waals surface area contributed by atoms with Gasteiger partial charge < -0.3 is 5.11 Å². The Morgan fingerprint density at radius 3 is 2.63 bits per heavy atom. The molecule has 106 valence electrons. The van der Waals surface area contributed by atoms with Crippen molar-refractivity contribution < 1.29 is 13.9 Å². The predicted molar refractivity (Wildman–Crippen MR) is 70.8 cm³/mol. The van der Waals surface area contributed by atoms with Crippen LogP contribution in [0.2, 0.25) is 0 Å². The molecule has 1 N–H and O–H groups in total. The molecule has 1 aliphatic rings. The van der Waals surface area contributed by atoms with E-state index in [1.165, 1.54) is 25.0 Å². The molecule has 2 rings (SSSR count). The van der Waals surface area contributed by atoms with E-state index in [0.717, 1.165) is 25.5 Å². The maximum absolute atomic E-state index is 13.6. The topological polar surface area (TPSA) is 23.5 Å². The minimum atomic E-state index is -0.976. The van der Waals surface area contributed by atoms with E-state index in [2.05, 4.69) is 4.90 Å². The smallest absolute Gasteiger partial charge is 0.164 e. The van der Waals surface area contributed by atoms with Gasteiger partial charge in [-0.2, -0.15) is 0 Å². The fraction of sp³-hybridized carbons (Fsp3) is 0.600. The Morgan fingerprint density at radius 2 is 2.00 bits per heavy atom. The van der Waals surface area contributed by atoms with E-state index in [1.54, 1.807) is 0 Å². The van der Waals surface area contributed by atoms with Crippen LogP contribution in [-0.2, 0) is 0 Å². The van der Waals surface area contributed by atoms with E-state index < -0.39 is 17.7 Å². The molecule has 0 saturated heterocycles. The number of likely N-dealkylation sites (N-methyl/N-ethyl adjacent to an activating group) is 1. The van der Waals surface area contributed by atoms with Gasteiger partial charge in [-0.3, -0.25) is 4.90 Å². The first kappa shape index (κ1) is 14.4. The zero-order chi connectivity index (χ0) is 13.8. The highest BCUT2D eigenvalue weighted by molar-refractivity contribution is 5.21. The highest BCUT2D eigenvalue weighted by Crippen LogP contribution is 2.26. The van der Waals surface area contributed by atoms with Crippen LogP contribution in [0.5, 0.6) is 0 Å². The van der Waals surface area contributed by atoms with Gasteiger partial charge in [0.15, 0.2) is 11.6 Å². The van der Waals surface area contributed by atoms with Gasteiger partial charge in [0.1, 0.15) is 0 Å². The molecule has 1 saturated carbocycles. The van der Waals surface area contributed by atoms with Crippen molar-refractivity contribution >= 4 is 0 Å². The molecule has 4 heteroatoms. The minimum absolute atomic E-state index is 0.0523. The summed E-state index contributed by atoms with van der Waals surface area (Å²) in [4.78, 5) is 2.17. The van der Waals surface area contributed by atoms with Crippen molar-refractivity contribution in [2.75, 3.05) is 13.1 Å². The lowest BCUT2D eigenvalue weighted by molar-refractivity contribution is 0.0885. The molecular formula is C15H21F2NO. The van der Waals surface area contributed by atoms with Crippen molar-refractivity contribution in [2.45, 2.75) is 44.8 Å². The van der Waals surface area contributed by atoms with Crippen LogP contribution in [0.4, 0.5) is 8.78 Å². The Bertz CT molecular complexity index is 419. The lowest BCUT2D eigenvalue weighted by Gasteiger charge is -2.29. The molecule has 1 aromatic carbocycles. The maximum Gasteiger partial charge on any atom is 0.164 e. The second-order valence-electron chi connectivity index (χ2n) is 5.18. The number of nitrogens with zero attached hydrogens (tertiary/aromatic N) is 1. The quantitative estimate of drug-likeness (QED) is 0.887. The second kappa shape index (κ2) is 6.44. The minimum Gasteiger partial charge on any atom is -0.387 e. The number of hydrogen-bond acceptors (Lipinski definition) is 2. The van der Waals surface area contributed by atoms with Crippen LogP contribution >= 0.6 is 0 Å². The van der Waals surface area contributed by atoms with Gasteiger partial charge in [0.25, 0.3) is 0 Å². The summed E-state index contributed by atoms with van der Waals surface area (Å²) in [6.45, 7) is 3.22. The van der Waals surface area contributed by atoms with Gasteiger partial charge in [-0.25, -0.2) is 8.78 Å². The highest BCUT2D eigenvalue weighted by atomic mass is 19.2. The second-order valence-corrected chi connectivity index (χ2v) is 5.18. The molecule has 19 heavy (non-hydrogen) atoms. The molecule has 0 heterocycles. The van der Waals surface area contributed by atoms with Crippen LogP contribution in [0.15, 0.2) is 18.2 Å². The van der Waals surface area contributed by atoms with E-state index >= 15 is 0 Å². The summed E-state index contributed by atoms with van der Waals surface area (Å²) in [6, 6.07) is 4.42. The first-order valence-electron chi connectivity index (χ1n) is 6.99. The third kappa shape index (κ3) is 3.31. The summed E-state index contributed by atoms with van der Waals surface area (Å²) in [5, 5.41) is 10.1. The molecule has 0 aliphatic heterocycles. The third-order valence-corrected chi connectivity index (χ3v) is 4.00. The number of hydrogen-bond donors (Lipinski definition) is 1. The van der Waals surface area contributed by atoms with Gasteiger partial charge in [-0.1, -0.05) is 31.9 Å². The van der Waals surface area contributed by atoms with Crippen molar-refractivity contribution in [1.82, 2.24) is 4.90 Å². The molecule has 1 aliphatic carbocycles. The van der Waals surface area contributed by atoms with E-state index in [0.29, 0.717) is 12.6 Å². The molecule has 1 aromatic rings. The summed E-state index contributed by atoms with van der Waals surface area (Å²) < 4.78 is 26.8. The Balaban J connectivity index is 2.06. The van der Waals surface area contributed by atoms with Gasteiger partial charge in [0.05, 0.1) is 6.10 Å². The van der Waals surface area contributed by atoms with Gasteiger partial charge in [-0.15, -0.1) is 0 Å². The zero-order valence-electron chi connectivity index (χ0n) is 11.3. The van der Waals surface area contributed by atoms with Crippen LogP contribution in [0.25, 0.3) is 0 Å². The molecule has 0 spiro atoms. The monoisotopic (exact) mass is 269 g/mol. The standard InChI is InChI=1S/C15H21F2NO/c1-2-18(11-6-3-4-7-11)10-14(19)12-8-5-9-13(16)15(12)17/h5,8-9,11,14,19H,2-4,6-7,10H2,1H3. The van der Waals surface area contributed by atoms with Crippen LogP contribution < -0.4 is 0 Å². The molecule has 0 amide bonds. The predicted octanol–water partition coefficient (Wildman–Crippen LogP) is 3.26. The molecule has 1 unspecified atom stereocenters. The normalized spacial score (nSPS) is 18.2. The van der Waals surface area contributed by atoms with Crippen LogP contribution in [0.1, 0.15) is 44.3 Å². The van der Waals surface area contributed by atoms with Crippen molar-refractivity contribution in [3.05, 3.63) is 35.4 Å². The van der Waals surface area contributed by atoms with Gasteiger partial charge in [0.2, 0.25) is 0 Å². The van der Waals surface area contributed by atoms with Gasteiger partial charge in [-0.05, 0) is 25.5 Å². The number of aliphatic hydroxyl groups is 1. The summed E-state index contributed by atoms with van der Waals surface area (Å²) in [5.41, 5.74) is 0.0523. The van der Waals surface area contributed by atoms with Crippen molar-refractivity contribution in [2.24, 2.45) is 0 Å². The average molecular weight is 269 g/mol. The Hall–Kier alpha value is -1.00. The van der Waals surface area contributed by atoms with E-state index in [1.807, 2.05) is 6.92 Å². The summed E-state index contributed by atoms with van der Waals surface area (Å²) in [6.07, 6.45) is 3.71. The van der Waals surface area contributed by atoms with Crippen LogP contribution in [0, 0.1) is 11.6 Å². The van der Waals surface area contributed by atoms with Crippen molar-refractivity contribution in [3.63, 3.8) is 0 Å². The SMILES string of the molecule is CCN(CC(O)c1cccc(F)c1F)C1CCCC1. The Labute approximate surface area is 113 Å². The third-order valence-electron chi connectivity index (χ3n) is 4.00.